The van der Waals surface area contributed by atoms with Gasteiger partial charge in [-0.05, 0) is 24.3 Å². The fraction of sp³-hybridized carbons (Fsp3) is 0.100. The smallest absolute Gasteiger partial charge is 0.246 e. The van der Waals surface area contributed by atoms with E-state index >= 15 is 0 Å². The average Bonchev–Trinajstić information content (AvgIpc) is 3.51. The molecule has 0 atom stereocenters. The summed E-state index contributed by atoms with van der Waals surface area (Å²) in [6.45, 7) is 0.380. The molecule has 0 amide bonds. The molecule has 10 heteroatoms. The third-order valence-electron chi connectivity index (χ3n) is 4.58. The lowest BCUT2D eigenvalue weighted by Gasteiger charge is -2.15. The lowest BCUT2D eigenvalue weighted by atomic mass is 10.2. The molecule has 0 saturated carbocycles. The number of furan rings is 1. The monoisotopic (exact) mass is 483 g/mol. The first-order valence-corrected chi connectivity index (χ1v) is 10.6. The van der Waals surface area contributed by atoms with Gasteiger partial charge in [0.15, 0.2) is 5.76 Å². The minimum Gasteiger partial charge on any atom is -0.510 e. The number of hydrogen-bond acceptors (Lipinski definition) is 8. The highest BCUT2D eigenvalue weighted by Crippen LogP contribution is 2.33. The SMILES string of the molecule is N=C1C(c2nc(-c3ccc(Br)cc3)cs2)=C(O)CN1Cc1nc(-c2ccco2)no1. The van der Waals surface area contributed by atoms with Gasteiger partial charge < -0.3 is 18.9 Å². The van der Waals surface area contributed by atoms with Crippen molar-refractivity contribution < 1.29 is 14.0 Å². The average molecular weight is 484 g/mol. The number of amidine groups is 1. The van der Waals surface area contributed by atoms with Crippen LogP contribution in [0.4, 0.5) is 0 Å². The molecule has 2 N–H and O–H groups in total. The molecule has 0 radical (unpaired) electrons. The van der Waals surface area contributed by atoms with E-state index in [1.165, 1.54) is 17.6 Å². The first-order chi connectivity index (χ1) is 14.6. The third-order valence-corrected chi connectivity index (χ3v) is 5.96. The summed E-state index contributed by atoms with van der Waals surface area (Å²) < 4.78 is 11.5. The van der Waals surface area contributed by atoms with Crippen molar-refractivity contribution in [3.05, 3.63) is 69.2 Å². The van der Waals surface area contributed by atoms with Crippen LogP contribution in [0.2, 0.25) is 0 Å². The number of nitrogens with one attached hydrogen (secondary N) is 1. The molecule has 1 aromatic carbocycles. The number of aliphatic hydroxyl groups excluding tert-OH is 1. The van der Waals surface area contributed by atoms with Crippen molar-refractivity contribution in [2.45, 2.75) is 6.54 Å². The lowest BCUT2D eigenvalue weighted by molar-refractivity contribution is 0.300. The van der Waals surface area contributed by atoms with E-state index in [0.29, 0.717) is 28.1 Å². The summed E-state index contributed by atoms with van der Waals surface area (Å²) in [6, 6.07) is 11.3. The number of hydrogen-bond donors (Lipinski definition) is 2. The van der Waals surface area contributed by atoms with Gasteiger partial charge in [-0.1, -0.05) is 33.2 Å². The molecule has 8 nitrogen and oxygen atoms in total. The van der Waals surface area contributed by atoms with E-state index in [0.717, 1.165) is 15.7 Å². The van der Waals surface area contributed by atoms with Crippen molar-refractivity contribution in [2.24, 2.45) is 0 Å². The molecule has 0 bridgehead atoms. The Balaban J connectivity index is 1.34. The van der Waals surface area contributed by atoms with Gasteiger partial charge in [0.2, 0.25) is 11.7 Å². The van der Waals surface area contributed by atoms with Crippen LogP contribution < -0.4 is 0 Å². The normalized spacial score (nSPS) is 14.2. The van der Waals surface area contributed by atoms with Gasteiger partial charge in [-0.25, -0.2) is 4.98 Å². The molecule has 4 aromatic rings. The Hall–Kier alpha value is -3.24. The highest BCUT2D eigenvalue weighted by molar-refractivity contribution is 9.10. The predicted molar refractivity (Wildman–Crippen MR) is 115 cm³/mol. The molecule has 1 aliphatic rings. The highest BCUT2D eigenvalue weighted by Gasteiger charge is 2.31. The Morgan fingerprint density at radius 3 is 2.80 bits per heavy atom. The molecular weight excluding hydrogens is 470 g/mol. The fourth-order valence-corrected chi connectivity index (χ4v) is 4.28. The number of aromatic nitrogens is 3. The van der Waals surface area contributed by atoms with Crippen LogP contribution >= 0.6 is 27.3 Å². The van der Waals surface area contributed by atoms with Gasteiger partial charge in [0.25, 0.3) is 0 Å². The first-order valence-electron chi connectivity index (χ1n) is 8.93. The number of nitrogens with zero attached hydrogens (tertiary/aromatic N) is 4. The Labute approximate surface area is 183 Å². The summed E-state index contributed by atoms with van der Waals surface area (Å²) in [4.78, 5) is 10.6. The van der Waals surface area contributed by atoms with Gasteiger partial charge in [-0.15, -0.1) is 11.3 Å². The van der Waals surface area contributed by atoms with Gasteiger partial charge >= 0.3 is 0 Å². The second-order valence-corrected chi connectivity index (χ2v) is 8.33. The van der Waals surface area contributed by atoms with Gasteiger partial charge in [0, 0.05) is 15.4 Å². The van der Waals surface area contributed by atoms with Crippen LogP contribution in [-0.4, -0.2) is 37.5 Å². The van der Waals surface area contributed by atoms with Crippen molar-refractivity contribution in [1.29, 1.82) is 5.41 Å². The third kappa shape index (κ3) is 3.44. The lowest BCUT2D eigenvalue weighted by Crippen LogP contribution is -2.26. The maximum Gasteiger partial charge on any atom is 0.246 e. The standard InChI is InChI=1S/C20H14BrN5O3S/c21-12-5-3-11(4-6-12)13-10-30-20(23-13)17-14(27)8-26(18(17)22)9-16-24-19(25-29-16)15-2-1-7-28-15/h1-7,10,22,27H,8-9H2. The van der Waals surface area contributed by atoms with Crippen LogP contribution in [-0.2, 0) is 6.54 Å². The molecule has 0 spiro atoms. The fourth-order valence-electron chi connectivity index (χ4n) is 3.12. The number of halogens is 1. The minimum atomic E-state index is 0.0995. The quantitative estimate of drug-likeness (QED) is 0.411. The van der Waals surface area contributed by atoms with Crippen LogP contribution in [0.5, 0.6) is 0 Å². The predicted octanol–water partition coefficient (Wildman–Crippen LogP) is 4.98. The largest absolute Gasteiger partial charge is 0.510 e. The van der Waals surface area contributed by atoms with Gasteiger partial charge in [0.05, 0.1) is 30.6 Å². The molecular formula is C20H14BrN5O3S. The molecule has 0 saturated heterocycles. The van der Waals surface area contributed by atoms with Crippen molar-refractivity contribution in [2.75, 3.05) is 6.54 Å². The van der Waals surface area contributed by atoms with Gasteiger partial charge in [0.1, 0.15) is 16.6 Å². The highest BCUT2D eigenvalue weighted by atomic mass is 79.9. The Morgan fingerprint density at radius 1 is 1.20 bits per heavy atom. The molecule has 0 aliphatic carbocycles. The van der Waals surface area contributed by atoms with Crippen LogP contribution in [0.3, 0.4) is 0 Å². The second-order valence-electron chi connectivity index (χ2n) is 6.56. The molecule has 30 heavy (non-hydrogen) atoms. The van der Waals surface area contributed by atoms with Crippen LogP contribution in [0.15, 0.2) is 67.2 Å². The Kier molecular flexibility index (Phi) is 4.72. The first kappa shape index (κ1) is 18.8. The number of benzene rings is 1. The molecule has 5 rings (SSSR count). The van der Waals surface area contributed by atoms with Crippen LogP contribution in [0, 0.1) is 5.41 Å². The molecule has 4 heterocycles. The molecule has 150 valence electrons. The van der Waals surface area contributed by atoms with E-state index in [-0.39, 0.29) is 24.7 Å². The molecule has 0 fully saturated rings. The Bertz CT molecular complexity index is 1240. The zero-order valence-electron chi connectivity index (χ0n) is 15.4. The van der Waals surface area contributed by atoms with Crippen molar-refractivity contribution in [3.8, 4) is 22.8 Å². The zero-order chi connectivity index (χ0) is 20.7. The Morgan fingerprint density at radius 2 is 2.03 bits per heavy atom. The molecule has 1 aliphatic heterocycles. The minimum absolute atomic E-state index is 0.0995. The summed E-state index contributed by atoms with van der Waals surface area (Å²) in [6.07, 6.45) is 1.53. The van der Waals surface area contributed by atoms with Gasteiger partial charge in [-0.2, -0.15) is 4.98 Å². The van der Waals surface area contributed by atoms with E-state index in [1.54, 1.807) is 17.0 Å². The van der Waals surface area contributed by atoms with Gasteiger partial charge in [-0.3, -0.25) is 5.41 Å². The number of thiazole rings is 1. The summed E-state index contributed by atoms with van der Waals surface area (Å²) in [5.41, 5.74) is 2.20. The van der Waals surface area contributed by atoms with Crippen molar-refractivity contribution in [3.63, 3.8) is 0 Å². The van der Waals surface area contributed by atoms with E-state index in [4.69, 9.17) is 14.3 Å². The second kappa shape index (κ2) is 7.54. The number of aliphatic hydroxyl groups is 1. The summed E-state index contributed by atoms with van der Waals surface area (Å²) >= 11 is 4.82. The molecule has 3 aromatic heterocycles. The van der Waals surface area contributed by atoms with Crippen LogP contribution in [0.1, 0.15) is 10.9 Å². The summed E-state index contributed by atoms with van der Waals surface area (Å²) in [7, 11) is 0. The topological polar surface area (TPSA) is 112 Å². The molecule has 0 unspecified atom stereocenters. The van der Waals surface area contributed by atoms with Crippen molar-refractivity contribution in [1.82, 2.24) is 20.0 Å². The van der Waals surface area contributed by atoms with E-state index < -0.39 is 0 Å². The van der Waals surface area contributed by atoms with Crippen molar-refractivity contribution >= 4 is 38.7 Å². The number of rotatable bonds is 5. The van der Waals surface area contributed by atoms with Crippen LogP contribution in [0.25, 0.3) is 28.4 Å². The van der Waals surface area contributed by atoms with E-state index in [1.807, 2.05) is 29.6 Å². The summed E-state index contributed by atoms with van der Waals surface area (Å²) in [5.74, 6) is 1.45. The van der Waals surface area contributed by atoms with E-state index in [9.17, 15) is 5.11 Å². The zero-order valence-corrected chi connectivity index (χ0v) is 17.8. The maximum atomic E-state index is 10.5. The maximum absolute atomic E-state index is 10.5. The van der Waals surface area contributed by atoms with E-state index in [2.05, 4.69) is 31.1 Å². The summed E-state index contributed by atoms with van der Waals surface area (Å²) in [5, 5.41) is 25.5.